The lowest BCUT2D eigenvalue weighted by Gasteiger charge is -2.19. The predicted octanol–water partition coefficient (Wildman–Crippen LogP) is 7.26. The van der Waals surface area contributed by atoms with E-state index < -0.39 is 59.0 Å². The fourth-order valence-corrected chi connectivity index (χ4v) is 2.06. The molecule has 0 radical (unpaired) electrons. The van der Waals surface area contributed by atoms with Gasteiger partial charge < -0.3 is 0 Å². The summed E-state index contributed by atoms with van der Waals surface area (Å²) < 4.78 is 183. The largest absolute Gasteiger partial charge is 0.433 e. The van der Waals surface area contributed by atoms with Crippen LogP contribution in [-0.2, 0) is 30.9 Å². The molecule has 2 aromatic heterocycles. The maximum absolute atomic E-state index is 12.3. The van der Waals surface area contributed by atoms with Crippen LogP contribution in [0.15, 0.2) is 30.6 Å². The van der Waals surface area contributed by atoms with E-state index >= 15 is 0 Å². The number of hydrogen-bond donors (Lipinski definition) is 0. The fraction of sp³-hybridized carbons (Fsp3) is 0.333. The summed E-state index contributed by atoms with van der Waals surface area (Å²) in [5.74, 6) is 0. The molecule has 0 N–H and O–H groups in total. The van der Waals surface area contributed by atoms with Crippen molar-refractivity contribution in [3.63, 3.8) is 0 Å². The van der Waals surface area contributed by atoms with Gasteiger partial charge in [-0.2, -0.15) is 65.9 Å². The van der Waals surface area contributed by atoms with Gasteiger partial charge in [-0.1, -0.05) is 0 Å². The van der Waals surface area contributed by atoms with Crippen molar-refractivity contribution >= 4 is 0 Å². The molecule has 0 amide bonds. The van der Waals surface area contributed by atoms with Gasteiger partial charge in [-0.3, -0.25) is 9.97 Å². The molecule has 180 valence electrons. The lowest BCUT2D eigenvalue weighted by atomic mass is 10.1. The molecular weight excluding hydrogens is 493 g/mol. The van der Waals surface area contributed by atoms with Crippen LogP contribution in [0.2, 0.25) is 0 Å². The van der Waals surface area contributed by atoms with Crippen LogP contribution in [0.3, 0.4) is 0 Å². The first-order valence-electron chi connectivity index (χ1n) is 7.38. The molecule has 0 unspecified atom stereocenters. The van der Waals surface area contributed by atoms with E-state index in [-0.39, 0.29) is 12.3 Å². The van der Waals surface area contributed by atoms with Crippen molar-refractivity contribution in [3.05, 3.63) is 58.7 Å². The molecule has 17 heteroatoms. The highest BCUT2D eigenvalue weighted by Gasteiger charge is 2.51. The number of pyridine rings is 2. The van der Waals surface area contributed by atoms with Crippen LogP contribution in [0, 0.1) is 0 Å². The highest BCUT2D eigenvalue weighted by molar-refractivity contribution is 5.36. The zero-order chi connectivity index (χ0) is 25.3. The molecule has 2 aromatic rings. The van der Waals surface area contributed by atoms with E-state index in [1.54, 1.807) is 0 Å². The summed E-state index contributed by atoms with van der Waals surface area (Å²) in [4.78, 5) is 5.02. The standard InChI is InChI=1S/C8H2F9N.C7H3F6N/c9-6(10,11)3-1-2-18-5(8(15,16)17)4(3)7(12,13)14;8-6(9,10)4-2-1-3-14-5(4)7(11,12)13/h1-2H;1-3H. The van der Waals surface area contributed by atoms with Crippen molar-refractivity contribution in [2.24, 2.45) is 0 Å². The summed E-state index contributed by atoms with van der Waals surface area (Å²) in [7, 11) is 0. The van der Waals surface area contributed by atoms with Crippen molar-refractivity contribution in [2.75, 3.05) is 0 Å². The summed E-state index contributed by atoms with van der Waals surface area (Å²) in [5, 5.41) is 0. The molecule has 0 spiro atoms. The molecule has 0 fully saturated rings. The van der Waals surface area contributed by atoms with E-state index in [2.05, 4.69) is 9.97 Å². The van der Waals surface area contributed by atoms with Gasteiger partial charge in [0.05, 0.1) is 16.7 Å². The second-order valence-corrected chi connectivity index (χ2v) is 5.47. The van der Waals surface area contributed by atoms with Crippen LogP contribution in [-0.4, -0.2) is 9.97 Å². The minimum atomic E-state index is -5.82. The van der Waals surface area contributed by atoms with Crippen LogP contribution in [0.4, 0.5) is 65.9 Å². The second-order valence-electron chi connectivity index (χ2n) is 5.47. The molecule has 0 aromatic carbocycles. The third-order valence-corrected chi connectivity index (χ3v) is 3.19. The van der Waals surface area contributed by atoms with Gasteiger partial charge in [-0.25, -0.2) is 0 Å². The SMILES string of the molecule is FC(F)(F)c1cccnc1C(F)(F)F.FC(F)(F)c1ccnc(C(F)(F)F)c1C(F)(F)F. The molecule has 0 aliphatic carbocycles. The summed E-state index contributed by atoms with van der Waals surface area (Å²) in [5.41, 5.74) is -11.5. The lowest BCUT2D eigenvalue weighted by molar-refractivity contribution is -0.176. The van der Waals surface area contributed by atoms with Crippen molar-refractivity contribution < 1.29 is 65.9 Å². The monoisotopic (exact) mass is 498 g/mol. The Balaban J connectivity index is 0.000000330. The van der Waals surface area contributed by atoms with Crippen LogP contribution in [0.5, 0.6) is 0 Å². The topological polar surface area (TPSA) is 25.8 Å². The third-order valence-electron chi connectivity index (χ3n) is 3.19. The molecule has 0 saturated carbocycles. The summed E-state index contributed by atoms with van der Waals surface area (Å²) >= 11 is 0. The normalized spacial score (nSPS) is 13.5. The van der Waals surface area contributed by atoms with E-state index in [1.807, 2.05) is 0 Å². The molecule has 2 nitrogen and oxygen atoms in total. The van der Waals surface area contributed by atoms with Crippen molar-refractivity contribution in [3.8, 4) is 0 Å². The van der Waals surface area contributed by atoms with E-state index in [4.69, 9.17) is 0 Å². The molecule has 0 aliphatic heterocycles. The number of hydrogen-bond acceptors (Lipinski definition) is 2. The average Bonchev–Trinajstić information content (AvgIpc) is 2.58. The van der Waals surface area contributed by atoms with E-state index in [9.17, 15) is 65.9 Å². The second kappa shape index (κ2) is 8.65. The summed E-state index contributed by atoms with van der Waals surface area (Å²) in [6.45, 7) is 0. The highest BCUT2D eigenvalue weighted by Crippen LogP contribution is 2.45. The van der Waals surface area contributed by atoms with E-state index in [0.717, 1.165) is 6.07 Å². The van der Waals surface area contributed by atoms with Crippen molar-refractivity contribution in [2.45, 2.75) is 30.9 Å². The van der Waals surface area contributed by atoms with Gasteiger partial charge >= 0.3 is 30.9 Å². The molecule has 0 saturated heterocycles. The van der Waals surface area contributed by atoms with Gasteiger partial charge in [-0.05, 0) is 18.2 Å². The minimum Gasteiger partial charge on any atom is -0.251 e. The van der Waals surface area contributed by atoms with Gasteiger partial charge in [0.15, 0.2) is 11.4 Å². The Morgan fingerprint density at radius 1 is 0.438 bits per heavy atom. The van der Waals surface area contributed by atoms with Crippen molar-refractivity contribution in [1.29, 1.82) is 0 Å². The van der Waals surface area contributed by atoms with Crippen LogP contribution >= 0.6 is 0 Å². The molecule has 2 heterocycles. The van der Waals surface area contributed by atoms with E-state index in [1.165, 1.54) is 0 Å². The van der Waals surface area contributed by atoms with Gasteiger partial charge in [0.2, 0.25) is 0 Å². The maximum atomic E-state index is 12.3. The molecule has 32 heavy (non-hydrogen) atoms. The Morgan fingerprint density at radius 3 is 1.22 bits per heavy atom. The Kier molecular flexibility index (Phi) is 7.37. The van der Waals surface area contributed by atoms with Gasteiger partial charge in [0.25, 0.3) is 0 Å². The van der Waals surface area contributed by atoms with Gasteiger partial charge in [0, 0.05) is 12.4 Å². The fourth-order valence-electron chi connectivity index (χ4n) is 2.06. The third kappa shape index (κ3) is 6.88. The van der Waals surface area contributed by atoms with E-state index in [0.29, 0.717) is 12.3 Å². The molecule has 0 atom stereocenters. The zero-order valence-electron chi connectivity index (χ0n) is 14.5. The molecule has 2 rings (SSSR count). The zero-order valence-corrected chi connectivity index (χ0v) is 14.5. The van der Waals surface area contributed by atoms with Crippen molar-refractivity contribution in [1.82, 2.24) is 9.97 Å². The first-order valence-corrected chi connectivity index (χ1v) is 7.38. The minimum absolute atomic E-state index is 0.0287. The Bertz CT molecular complexity index is 851. The lowest BCUT2D eigenvalue weighted by Crippen LogP contribution is -2.24. The smallest absolute Gasteiger partial charge is 0.251 e. The average molecular weight is 498 g/mol. The van der Waals surface area contributed by atoms with Gasteiger partial charge in [0.1, 0.15) is 0 Å². The Hall–Kier alpha value is -2.75. The van der Waals surface area contributed by atoms with Gasteiger partial charge in [-0.15, -0.1) is 0 Å². The number of alkyl halides is 15. The Labute approximate surface area is 166 Å². The van der Waals surface area contributed by atoms with Crippen LogP contribution < -0.4 is 0 Å². The molecular formula is C15H5F15N2. The summed E-state index contributed by atoms with van der Waals surface area (Å²) in [6, 6.07) is 0.992. The maximum Gasteiger partial charge on any atom is 0.433 e. The first kappa shape index (κ1) is 27.3. The predicted molar refractivity (Wildman–Crippen MR) is 73.5 cm³/mol. The number of aromatic nitrogens is 2. The number of halogens is 15. The van der Waals surface area contributed by atoms with Crippen LogP contribution in [0.25, 0.3) is 0 Å². The molecule has 0 aliphatic rings. The number of nitrogens with zero attached hydrogens (tertiary/aromatic N) is 2. The van der Waals surface area contributed by atoms with Crippen LogP contribution in [0.1, 0.15) is 28.1 Å². The highest BCUT2D eigenvalue weighted by atomic mass is 19.4. The number of rotatable bonds is 0. The summed E-state index contributed by atoms with van der Waals surface area (Å²) in [6.07, 6.45) is -26.5. The molecule has 0 bridgehead atoms. The quantitative estimate of drug-likeness (QED) is 0.358. The first-order chi connectivity index (χ1) is 14.1. The Morgan fingerprint density at radius 2 is 0.875 bits per heavy atom.